The minimum absolute atomic E-state index is 0.0575. The first kappa shape index (κ1) is 37.8. The Kier molecular flexibility index (Phi) is 10.0. The van der Waals surface area contributed by atoms with Crippen molar-refractivity contribution in [1.82, 2.24) is 0 Å². The van der Waals surface area contributed by atoms with Gasteiger partial charge in [-0.05, 0) is 106 Å². The number of ether oxygens (including phenoxy) is 1. The third kappa shape index (κ3) is 6.53. The van der Waals surface area contributed by atoms with Crippen LogP contribution in [0.3, 0.4) is 0 Å². The topological polar surface area (TPSA) is 111 Å². The Labute approximate surface area is 308 Å². The molecule has 0 spiro atoms. The summed E-state index contributed by atoms with van der Waals surface area (Å²) in [5, 5.41) is 14.8. The number of rotatable bonds is 8. The fourth-order valence-corrected chi connectivity index (χ4v) is 10.2. The van der Waals surface area contributed by atoms with E-state index in [0.717, 1.165) is 29.6 Å². The standard InChI is InChI=1S/C41H54BNO7S/c1-10-39(8)23-32(40(9)25(2)17-19-41(26(3)35(39)46)20-18-31(44)34(40)41)48-33(45)24-51-30-16-12-15-29(22-30)43-36(47)27-13-11-14-28(21-27)42-49-37(4,5)38(6,7)50-42/h10-16,21-22,25-26,32,34-35,46H,1,17-20,23-24H2,2-9H3,(H,43,47)/t25-,26+,32-,34+,35+,39-,40+,41+/m1/s1. The zero-order valence-electron chi connectivity index (χ0n) is 31.4. The molecule has 3 saturated carbocycles. The SMILES string of the molecule is C=C[C@]1(C)C[C@@H](OC(=O)CSc2cccc(NC(=O)c3cccc(B4OC(C)(C)C(C)(C)O4)c3)c2)[C@]2(C)[C@H](C)CC[C@]3(CCC(=O)[C@H]32)[C@@H](C)[C@@H]1O. The summed E-state index contributed by atoms with van der Waals surface area (Å²) in [4.78, 5) is 41.5. The van der Waals surface area contributed by atoms with Crippen LogP contribution in [0.25, 0.3) is 0 Å². The molecule has 1 saturated heterocycles. The van der Waals surface area contributed by atoms with Crippen LogP contribution in [0.5, 0.6) is 0 Å². The van der Waals surface area contributed by atoms with E-state index >= 15 is 0 Å². The van der Waals surface area contributed by atoms with Crippen molar-refractivity contribution < 1.29 is 33.5 Å². The van der Waals surface area contributed by atoms with Crippen LogP contribution in [0, 0.1) is 34.0 Å². The summed E-state index contributed by atoms with van der Waals surface area (Å²) >= 11 is 1.34. The second kappa shape index (κ2) is 13.5. The predicted octanol–water partition coefficient (Wildman–Crippen LogP) is 7.24. The fraction of sp³-hybridized carbons (Fsp3) is 0.585. The van der Waals surface area contributed by atoms with Gasteiger partial charge < -0.3 is 24.5 Å². The van der Waals surface area contributed by atoms with Gasteiger partial charge in [0.1, 0.15) is 11.9 Å². The van der Waals surface area contributed by atoms with Crippen molar-refractivity contribution in [2.45, 2.75) is 116 Å². The Hall–Kier alpha value is -2.92. The first-order valence-electron chi connectivity index (χ1n) is 18.4. The van der Waals surface area contributed by atoms with Crippen molar-refractivity contribution in [3.8, 4) is 0 Å². The number of ketones is 1. The van der Waals surface area contributed by atoms with Gasteiger partial charge in [-0.3, -0.25) is 14.4 Å². The third-order valence-electron chi connectivity index (χ3n) is 13.7. The molecule has 8 atom stereocenters. The molecule has 1 amide bonds. The van der Waals surface area contributed by atoms with Crippen LogP contribution in [-0.2, 0) is 23.6 Å². The largest absolute Gasteiger partial charge is 0.494 e. The molecular weight excluding hydrogens is 661 g/mol. The van der Waals surface area contributed by atoms with Crippen molar-refractivity contribution >= 4 is 47.7 Å². The Morgan fingerprint density at radius 2 is 1.73 bits per heavy atom. The molecule has 4 fully saturated rings. The summed E-state index contributed by atoms with van der Waals surface area (Å²) in [6, 6.07) is 14.6. The van der Waals surface area contributed by atoms with E-state index in [2.05, 4.69) is 32.7 Å². The molecule has 51 heavy (non-hydrogen) atoms. The molecule has 0 radical (unpaired) electrons. The van der Waals surface area contributed by atoms with E-state index in [0.29, 0.717) is 24.1 Å². The first-order valence-corrected chi connectivity index (χ1v) is 19.4. The van der Waals surface area contributed by atoms with Crippen LogP contribution >= 0.6 is 11.8 Å². The summed E-state index contributed by atoms with van der Waals surface area (Å²) in [6.07, 6.45) is 4.03. The smallest absolute Gasteiger partial charge is 0.461 e. The molecule has 2 N–H and O–H groups in total. The van der Waals surface area contributed by atoms with Gasteiger partial charge in [0.25, 0.3) is 5.91 Å². The van der Waals surface area contributed by atoms with E-state index in [9.17, 15) is 19.5 Å². The van der Waals surface area contributed by atoms with Gasteiger partial charge in [0.2, 0.25) is 0 Å². The van der Waals surface area contributed by atoms with E-state index in [1.165, 1.54) is 11.8 Å². The van der Waals surface area contributed by atoms with Gasteiger partial charge >= 0.3 is 13.1 Å². The van der Waals surface area contributed by atoms with Crippen LogP contribution in [0.2, 0.25) is 0 Å². The number of thioether (sulfide) groups is 1. The van der Waals surface area contributed by atoms with Crippen LogP contribution in [0.15, 0.2) is 66.1 Å². The van der Waals surface area contributed by atoms with Gasteiger partial charge in [-0.1, -0.05) is 52.0 Å². The second-order valence-electron chi connectivity index (χ2n) is 17.0. The Morgan fingerprint density at radius 1 is 1.04 bits per heavy atom. The minimum Gasteiger partial charge on any atom is -0.461 e. The molecule has 8 nitrogen and oxygen atoms in total. The molecule has 10 heteroatoms. The highest BCUT2D eigenvalue weighted by atomic mass is 32.2. The molecular formula is C41H54BNO7S. The number of hydrogen-bond acceptors (Lipinski definition) is 8. The highest BCUT2D eigenvalue weighted by Crippen LogP contribution is 2.68. The highest BCUT2D eigenvalue weighted by molar-refractivity contribution is 8.00. The maximum atomic E-state index is 13.7. The summed E-state index contributed by atoms with van der Waals surface area (Å²) in [5.41, 5.74) is -0.699. The van der Waals surface area contributed by atoms with E-state index < -0.39 is 41.4 Å². The first-order chi connectivity index (χ1) is 23.9. The molecule has 1 heterocycles. The van der Waals surface area contributed by atoms with Crippen LogP contribution in [0.1, 0.15) is 97.9 Å². The van der Waals surface area contributed by atoms with Crippen LogP contribution in [0.4, 0.5) is 5.69 Å². The molecule has 2 aromatic carbocycles. The van der Waals surface area contributed by atoms with Gasteiger partial charge in [-0.2, -0.15) is 0 Å². The van der Waals surface area contributed by atoms with Crippen molar-refractivity contribution in [2.24, 2.45) is 34.0 Å². The zero-order chi connectivity index (χ0) is 37.1. The van der Waals surface area contributed by atoms with Crippen molar-refractivity contribution in [3.63, 3.8) is 0 Å². The van der Waals surface area contributed by atoms with Crippen LogP contribution < -0.4 is 10.8 Å². The van der Waals surface area contributed by atoms with Gasteiger partial charge in [-0.15, -0.1) is 18.3 Å². The number of Topliss-reactive ketones (excluding diaryl/α,β-unsaturated/α-hetero) is 1. The van der Waals surface area contributed by atoms with E-state index in [4.69, 9.17) is 14.0 Å². The molecule has 2 bridgehead atoms. The number of carbonyl (C=O) groups excluding carboxylic acids is 3. The van der Waals surface area contributed by atoms with E-state index in [1.54, 1.807) is 12.1 Å². The van der Waals surface area contributed by atoms with Crippen molar-refractivity contribution in [3.05, 3.63) is 66.7 Å². The number of aliphatic hydroxyl groups excluding tert-OH is 1. The average molecular weight is 716 g/mol. The van der Waals surface area contributed by atoms with Gasteiger partial charge in [0.15, 0.2) is 0 Å². The summed E-state index contributed by atoms with van der Waals surface area (Å²) in [7, 11) is -0.575. The maximum absolute atomic E-state index is 13.7. The summed E-state index contributed by atoms with van der Waals surface area (Å²) < 4.78 is 18.8. The van der Waals surface area contributed by atoms with Crippen molar-refractivity contribution in [2.75, 3.05) is 11.1 Å². The molecule has 2 aromatic rings. The van der Waals surface area contributed by atoms with Crippen LogP contribution in [-0.4, -0.2) is 59.0 Å². The highest BCUT2D eigenvalue weighted by Gasteiger charge is 2.68. The lowest BCUT2D eigenvalue weighted by Gasteiger charge is -2.61. The number of hydrogen-bond donors (Lipinski definition) is 2. The lowest BCUT2D eigenvalue weighted by molar-refractivity contribution is -0.205. The normalized spacial score (nSPS) is 35.4. The van der Waals surface area contributed by atoms with Gasteiger partial charge in [-0.25, -0.2) is 0 Å². The van der Waals surface area contributed by atoms with Gasteiger partial charge in [0, 0.05) is 39.3 Å². The molecule has 0 unspecified atom stereocenters. The molecule has 4 aliphatic rings. The predicted molar refractivity (Wildman–Crippen MR) is 202 cm³/mol. The molecule has 3 aliphatic carbocycles. The fourth-order valence-electron chi connectivity index (χ4n) is 9.51. The monoisotopic (exact) mass is 715 g/mol. The number of anilines is 1. The lowest BCUT2D eigenvalue weighted by Crippen LogP contribution is -2.63. The maximum Gasteiger partial charge on any atom is 0.494 e. The third-order valence-corrected chi connectivity index (χ3v) is 14.7. The Balaban J connectivity index is 1.14. The molecule has 0 aromatic heterocycles. The summed E-state index contributed by atoms with van der Waals surface area (Å²) in [5.74, 6) is -0.532. The zero-order valence-corrected chi connectivity index (χ0v) is 32.2. The number of carbonyl (C=O) groups is 3. The number of esters is 1. The van der Waals surface area contributed by atoms with Crippen molar-refractivity contribution in [1.29, 1.82) is 0 Å². The number of benzene rings is 2. The number of amides is 1. The lowest BCUT2D eigenvalue weighted by atomic mass is 9.44. The van der Waals surface area contributed by atoms with Gasteiger partial charge in [0.05, 0.1) is 23.1 Å². The molecule has 274 valence electrons. The Bertz CT molecular complexity index is 1700. The number of aliphatic hydroxyl groups is 1. The molecule has 6 rings (SSSR count). The summed E-state index contributed by atoms with van der Waals surface area (Å²) in [6.45, 7) is 20.5. The average Bonchev–Trinajstić information content (AvgIpc) is 3.56. The minimum atomic E-state index is -0.707. The Morgan fingerprint density at radius 3 is 2.41 bits per heavy atom. The van der Waals surface area contributed by atoms with E-state index in [-0.39, 0.29) is 46.6 Å². The number of nitrogens with one attached hydrogen (secondary N) is 1. The van der Waals surface area contributed by atoms with E-state index in [1.807, 2.05) is 77.1 Å². The molecule has 1 aliphatic heterocycles. The quantitative estimate of drug-likeness (QED) is 0.128. The second-order valence-corrected chi connectivity index (χ2v) is 18.1.